The van der Waals surface area contributed by atoms with Crippen molar-refractivity contribution >= 4 is 34.0 Å². The Morgan fingerprint density at radius 1 is 1.50 bits per heavy atom. The van der Waals surface area contributed by atoms with E-state index in [2.05, 4.69) is 4.98 Å². The Bertz CT molecular complexity index is 477. The number of H-pyrrole nitrogens is 1. The van der Waals surface area contributed by atoms with Gasteiger partial charge in [-0.3, -0.25) is 0 Å². The fourth-order valence-corrected chi connectivity index (χ4v) is 2.51. The van der Waals surface area contributed by atoms with Crippen LogP contribution in [0.4, 0.5) is 0 Å². The normalized spacial score (nSPS) is 13.0. The number of nitrogens with one attached hydrogen (secondary N) is 1. The predicted octanol–water partition coefficient (Wildman–Crippen LogP) is 2.98. The lowest BCUT2D eigenvalue weighted by Gasteiger charge is -1.88. The van der Waals surface area contributed by atoms with Crippen molar-refractivity contribution in [1.29, 1.82) is 0 Å². The molecule has 0 spiro atoms. The van der Waals surface area contributed by atoms with E-state index in [-0.39, 0.29) is 0 Å². The molecule has 2 heterocycles. The van der Waals surface area contributed by atoms with E-state index >= 15 is 0 Å². The highest BCUT2D eigenvalue weighted by Gasteiger charge is 2.07. The first-order chi connectivity index (χ1) is 6.66. The van der Waals surface area contributed by atoms with Gasteiger partial charge in [0, 0.05) is 11.6 Å². The molecule has 0 aliphatic heterocycles. The van der Waals surface area contributed by atoms with Crippen LogP contribution in [0.25, 0.3) is 10.6 Å². The number of hydrogen-bond acceptors (Lipinski definition) is 2. The smallest absolute Gasteiger partial charge is 0.188 e. The standard InChI is InChI=1S/C8H6ClNO2S2/c9-5-1-8(13-4-5)7-2-6(3-10-7)14(11)12/h1-4,10H,(H,11,12). The summed E-state index contributed by atoms with van der Waals surface area (Å²) in [5.74, 6) is 0. The summed E-state index contributed by atoms with van der Waals surface area (Å²) >= 11 is 5.32. The van der Waals surface area contributed by atoms with E-state index in [1.807, 2.05) is 11.4 Å². The van der Waals surface area contributed by atoms with Gasteiger partial charge in [0.2, 0.25) is 0 Å². The first kappa shape index (κ1) is 9.92. The van der Waals surface area contributed by atoms with E-state index in [1.165, 1.54) is 17.5 Å². The number of halogens is 1. The monoisotopic (exact) mass is 247 g/mol. The fraction of sp³-hybridized carbons (Fsp3) is 0. The van der Waals surface area contributed by atoms with E-state index in [9.17, 15) is 4.21 Å². The molecule has 2 N–H and O–H groups in total. The molecule has 0 saturated heterocycles. The molecule has 0 bridgehead atoms. The highest BCUT2D eigenvalue weighted by atomic mass is 35.5. The second-order valence-corrected chi connectivity index (χ2v) is 4.94. The Morgan fingerprint density at radius 3 is 2.79 bits per heavy atom. The van der Waals surface area contributed by atoms with E-state index in [0.29, 0.717) is 9.92 Å². The Kier molecular flexibility index (Phi) is 2.73. The van der Waals surface area contributed by atoms with E-state index in [1.54, 1.807) is 6.07 Å². The fourth-order valence-electron chi connectivity index (χ4n) is 1.07. The van der Waals surface area contributed by atoms with Crippen molar-refractivity contribution in [3.8, 4) is 10.6 Å². The van der Waals surface area contributed by atoms with Crippen LogP contribution in [-0.2, 0) is 11.1 Å². The Labute approximate surface area is 92.0 Å². The Morgan fingerprint density at radius 2 is 2.29 bits per heavy atom. The molecule has 2 rings (SSSR count). The average Bonchev–Trinajstić information content (AvgIpc) is 2.70. The molecule has 0 aliphatic carbocycles. The van der Waals surface area contributed by atoms with E-state index < -0.39 is 11.1 Å². The molecule has 2 aromatic heterocycles. The van der Waals surface area contributed by atoms with Gasteiger partial charge in [0.05, 0.1) is 20.5 Å². The van der Waals surface area contributed by atoms with Crippen molar-refractivity contribution in [3.63, 3.8) is 0 Å². The third kappa shape index (κ3) is 1.90. The molecule has 0 fully saturated rings. The van der Waals surface area contributed by atoms with Crippen LogP contribution in [0.1, 0.15) is 0 Å². The lowest BCUT2D eigenvalue weighted by Crippen LogP contribution is -1.82. The first-order valence-corrected chi connectivity index (χ1v) is 6.07. The first-order valence-electron chi connectivity index (χ1n) is 3.70. The van der Waals surface area contributed by atoms with E-state index in [4.69, 9.17) is 16.2 Å². The molecule has 0 aromatic carbocycles. The maximum atomic E-state index is 10.7. The van der Waals surface area contributed by atoms with Gasteiger partial charge in [0.15, 0.2) is 11.1 Å². The SMILES string of the molecule is O=S(O)c1c[nH]c(-c2cc(Cl)cs2)c1. The summed E-state index contributed by atoms with van der Waals surface area (Å²) in [7, 11) is 0. The molecule has 0 amide bonds. The van der Waals surface area contributed by atoms with Gasteiger partial charge in [-0.25, -0.2) is 4.21 Å². The minimum atomic E-state index is -1.93. The number of rotatable bonds is 2. The van der Waals surface area contributed by atoms with Gasteiger partial charge in [-0.2, -0.15) is 0 Å². The van der Waals surface area contributed by atoms with Gasteiger partial charge in [-0.05, 0) is 12.1 Å². The highest BCUT2D eigenvalue weighted by molar-refractivity contribution is 7.79. The summed E-state index contributed by atoms with van der Waals surface area (Å²) in [6, 6.07) is 3.44. The van der Waals surface area contributed by atoms with Crippen LogP contribution in [0.3, 0.4) is 0 Å². The number of aromatic nitrogens is 1. The molecule has 0 aliphatic rings. The molecular weight excluding hydrogens is 242 g/mol. The van der Waals surface area contributed by atoms with Crippen molar-refractivity contribution in [1.82, 2.24) is 4.98 Å². The van der Waals surface area contributed by atoms with Crippen molar-refractivity contribution in [3.05, 3.63) is 28.7 Å². The predicted molar refractivity (Wildman–Crippen MR) is 58.2 cm³/mol. The topological polar surface area (TPSA) is 53.1 Å². The third-order valence-electron chi connectivity index (χ3n) is 1.69. The van der Waals surface area contributed by atoms with Gasteiger partial charge >= 0.3 is 0 Å². The zero-order chi connectivity index (χ0) is 10.1. The molecular formula is C8H6ClNO2S2. The van der Waals surface area contributed by atoms with Crippen LogP contribution in [0.2, 0.25) is 5.02 Å². The molecule has 3 nitrogen and oxygen atoms in total. The van der Waals surface area contributed by atoms with Crippen molar-refractivity contribution < 1.29 is 8.76 Å². The second-order valence-electron chi connectivity index (χ2n) is 2.63. The maximum absolute atomic E-state index is 10.7. The summed E-state index contributed by atoms with van der Waals surface area (Å²) in [6.45, 7) is 0. The lowest BCUT2D eigenvalue weighted by molar-refractivity contribution is 0.564. The second kappa shape index (κ2) is 3.86. The molecule has 0 radical (unpaired) electrons. The Balaban J connectivity index is 2.38. The summed E-state index contributed by atoms with van der Waals surface area (Å²) in [5.41, 5.74) is 0.805. The van der Waals surface area contributed by atoms with Crippen molar-refractivity contribution in [2.24, 2.45) is 0 Å². The number of hydrogen-bond donors (Lipinski definition) is 2. The molecule has 0 saturated carbocycles. The third-order valence-corrected chi connectivity index (χ3v) is 3.64. The van der Waals surface area contributed by atoms with Gasteiger partial charge in [0.25, 0.3) is 0 Å². The maximum Gasteiger partial charge on any atom is 0.188 e. The van der Waals surface area contributed by atoms with Crippen LogP contribution in [0, 0.1) is 0 Å². The molecule has 1 atom stereocenters. The average molecular weight is 248 g/mol. The van der Waals surface area contributed by atoms with Gasteiger partial charge in [-0.1, -0.05) is 11.6 Å². The molecule has 1 unspecified atom stereocenters. The molecule has 74 valence electrons. The minimum absolute atomic E-state index is 0.365. The summed E-state index contributed by atoms with van der Waals surface area (Å²) in [4.78, 5) is 4.23. The molecule has 6 heteroatoms. The number of aromatic amines is 1. The quantitative estimate of drug-likeness (QED) is 0.802. The summed E-state index contributed by atoms with van der Waals surface area (Å²) in [5, 5.41) is 2.49. The van der Waals surface area contributed by atoms with Gasteiger partial charge in [0.1, 0.15) is 0 Å². The van der Waals surface area contributed by atoms with Gasteiger partial charge in [-0.15, -0.1) is 11.3 Å². The summed E-state index contributed by atoms with van der Waals surface area (Å²) in [6.07, 6.45) is 1.51. The van der Waals surface area contributed by atoms with Gasteiger partial charge < -0.3 is 9.54 Å². The zero-order valence-corrected chi connectivity index (χ0v) is 9.25. The van der Waals surface area contributed by atoms with Crippen LogP contribution >= 0.6 is 22.9 Å². The van der Waals surface area contributed by atoms with Crippen LogP contribution in [-0.4, -0.2) is 13.7 Å². The highest BCUT2D eigenvalue weighted by Crippen LogP contribution is 2.29. The number of thiophene rings is 1. The Hall–Kier alpha value is -0.620. The lowest BCUT2D eigenvalue weighted by atomic mass is 10.3. The molecule has 2 aromatic rings. The van der Waals surface area contributed by atoms with Crippen LogP contribution in [0.15, 0.2) is 28.6 Å². The van der Waals surface area contributed by atoms with E-state index in [0.717, 1.165) is 10.6 Å². The zero-order valence-electron chi connectivity index (χ0n) is 6.86. The summed E-state index contributed by atoms with van der Waals surface area (Å²) < 4.78 is 19.5. The van der Waals surface area contributed by atoms with Crippen LogP contribution < -0.4 is 0 Å². The largest absolute Gasteiger partial charge is 0.359 e. The molecule has 14 heavy (non-hydrogen) atoms. The van der Waals surface area contributed by atoms with Crippen LogP contribution in [0.5, 0.6) is 0 Å². The van der Waals surface area contributed by atoms with Crippen molar-refractivity contribution in [2.75, 3.05) is 0 Å². The minimum Gasteiger partial charge on any atom is -0.359 e. The van der Waals surface area contributed by atoms with Crippen molar-refractivity contribution in [2.45, 2.75) is 4.90 Å².